The molecule has 3 rings (SSSR count). The van der Waals surface area contributed by atoms with Gasteiger partial charge in [-0.25, -0.2) is 0 Å². The molecule has 0 unspecified atom stereocenters. The fraction of sp³-hybridized carbons (Fsp3) is 0. The van der Waals surface area contributed by atoms with Crippen molar-refractivity contribution in [2.75, 3.05) is 0 Å². The van der Waals surface area contributed by atoms with Crippen LogP contribution in [-0.2, 0) is 0 Å². The van der Waals surface area contributed by atoms with Gasteiger partial charge in [0.25, 0.3) is 0 Å². The molecule has 0 spiro atoms. The Labute approximate surface area is 81.8 Å². The van der Waals surface area contributed by atoms with Gasteiger partial charge in [0.05, 0.1) is 11.7 Å². The smallest absolute Gasteiger partial charge is 0.115 e. The van der Waals surface area contributed by atoms with Crippen LogP contribution in [0.15, 0.2) is 48.7 Å². The molecule has 1 N–H and O–H groups in total. The van der Waals surface area contributed by atoms with E-state index in [4.69, 9.17) is 0 Å². The van der Waals surface area contributed by atoms with Crippen molar-refractivity contribution in [2.45, 2.75) is 0 Å². The van der Waals surface area contributed by atoms with Crippen LogP contribution in [-0.4, -0.2) is 9.55 Å². The zero-order valence-corrected chi connectivity index (χ0v) is 7.57. The number of para-hydroxylation sites is 1. The van der Waals surface area contributed by atoms with E-state index >= 15 is 0 Å². The van der Waals surface area contributed by atoms with Crippen LogP contribution < -0.4 is 0 Å². The number of rotatable bonds is 1. The number of fused-ring (bicyclic) bond motifs is 1. The van der Waals surface area contributed by atoms with Crippen LogP contribution in [0, 0.1) is 6.20 Å². The van der Waals surface area contributed by atoms with Gasteiger partial charge in [-0.1, -0.05) is 18.2 Å². The first kappa shape index (κ1) is 7.44. The third kappa shape index (κ3) is 0.973. The minimum absolute atomic E-state index is 1.05. The molecule has 0 aliphatic heterocycles. The van der Waals surface area contributed by atoms with Gasteiger partial charge < -0.3 is 4.98 Å². The molecule has 0 aliphatic carbocycles. The Balaban J connectivity index is 2.33. The Morgan fingerprint density at radius 3 is 2.86 bits per heavy atom. The maximum Gasteiger partial charge on any atom is 0.115 e. The average molecular weight is 181 g/mol. The highest BCUT2D eigenvalue weighted by Gasteiger charge is 2.01. The largest absolute Gasteiger partial charge is 0.348 e. The molecule has 2 aromatic heterocycles. The zero-order chi connectivity index (χ0) is 9.38. The number of aromatic amines is 1. The monoisotopic (exact) mass is 181 g/mol. The number of hydrogen-bond acceptors (Lipinski definition) is 0. The molecule has 2 nitrogen and oxygen atoms in total. The molecule has 0 aliphatic rings. The van der Waals surface area contributed by atoms with Crippen molar-refractivity contribution < 1.29 is 0 Å². The molecular formula is C12H9N2. The lowest BCUT2D eigenvalue weighted by molar-refractivity contribution is 1.06. The van der Waals surface area contributed by atoms with Gasteiger partial charge >= 0.3 is 0 Å². The lowest BCUT2D eigenvalue weighted by atomic mass is 10.2. The summed E-state index contributed by atoms with van der Waals surface area (Å²) >= 11 is 0. The van der Waals surface area contributed by atoms with Crippen LogP contribution in [0.2, 0.25) is 0 Å². The van der Waals surface area contributed by atoms with E-state index in [9.17, 15) is 0 Å². The molecule has 0 atom stereocenters. The van der Waals surface area contributed by atoms with Crippen molar-refractivity contribution in [3.8, 4) is 5.82 Å². The molecule has 2 heteroatoms. The summed E-state index contributed by atoms with van der Waals surface area (Å²) in [6.45, 7) is 0. The molecule has 1 radical (unpaired) electrons. The molecule has 0 bridgehead atoms. The van der Waals surface area contributed by atoms with Gasteiger partial charge in [0.15, 0.2) is 0 Å². The zero-order valence-electron chi connectivity index (χ0n) is 7.57. The van der Waals surface area contributed by atoms with Gasteiger partial charge in [-0.05, 0) is 24.3 Å². The highest BCUT2D eigenvalue weighted by molar-refractivity contribution is 5.81. The van der Waals surface area contributed by atoms with E-state index in [1.54, 1.807) is 0 Å². The minimum atomic E-state index is 1.05. The topological polar surface area (TPSA) is 20.7 Å². The van der Waals surface area contributed by atoms with E-state index in [0.29, 0.717) is 0 Å². The SMILES string of the molecule is [c]1cc2ccccc2n1-c1ccc[nH]1. The Bertz CT molecular complexity index is 546. The van der Waals surface area contributed by atoms with Crippen LogP contribution in [0.5, 0.6) is 0 Å². The Morgan fingerprint density at radius 1 is 1.07 bits per heavy atom. The van der Waals surface area contributed by atoms with E-state index in [2.05, 4.69) is 23.3 Å². The minimum Gasteiger partial charge on any atom is -0.348 e. The molecule has 67 valence electrons. The predicted octanol–water partition coefficient (Wildman–Crippen LogP) is 2.76. The molecular weight excluding hydrogens is 172 g/mol. The first-order chi connectivity index (χ1) is 6.95. The van der Waals surface area contributed by atoms with Gasteiger partial charge in [0.1, 0.15) is 5.82 Å². The van der Waals surface area contributed by atoms with Gasteiger partial charge in [0, 0.05) is 11.6 Å². The number of benzene rings is 1. The van der Waals surface area contributed by atoms with Gasteiger partial charge in [-0.15, -0.1) is 0 Å². The number of nitrogens with one attached hydrogen (secondary N) is 1. The van der Waals surface area contributed by atoms with Crippen LogP contribution in [0.3, 0.4) is 0 Å². The Morgan fingerprint density at radius 2 is 2.00 bits per heavy atom. The maximum atomic E-state index is 3.20. The summed E-state index contributed by atoms with van der Waals surface area (Å²) in [6, 6.07) is 14.3. The molecule has 0 saturated carbocycles. The second kappa shape index (κ2) is 2.77. The number of hydrogen-bond donors (Lipinski definition) is 1. The normalized spacial score (nSPS) is 10.9. The third-order valence-electron chi connectivity index (χ3n) is 2.35. The van der Waals surface area contributed by atoms with Crippen LogP contribution >= 0.6 is 0 Å². The van der Waals surface area contributed by atoms with Crippen molar-refractivity contribution in [2.24, 2.45) is 0 Å². The first-order valence-electron chi connectivity index (χ1n) is 4.57. The van der Waals surface area contributed by atoms with Crippen LogP contribution in [0.4, 0.5) is 0 Å². The summed E-state index contributed by atoms with van der Waals surface area (Å²) in [7, 11) is 0. The summed E-state index contributed by atoms with van der Waals surface area (Å²) in [5, 5.41) is 1.21. The lowest BCUT2D eigenvalue weighted by Crippen LogP contribution is -1.90. The average Bonchev–Trinajstić information content (AvgIpc) is 2.85. The molecule has 3 aromatic rings. The number of nitrogens with zero attached hydrogens (tertiary/aromatic N) is 1. The Hall–Kier alpha value is -1.96. The molecule has 0 fully saturated rings. The summed E-state index contributed by atoms with van der Waals surface area (Å²) in [4.78, 5) is 3.16. The van der Waals surface area contributed by atoms with E-state index in [-0.39, 0.29) is 0 Å². The highest BCUT2D eigenvalue weighted by Crippen LogP contribution is 2.18. The standard InChI is InChI=1S/C12H9N2/c1-2-5-11-10(4-1)7-9-14(11)12-6-3-8-13-12/h1-8,13H. The second-order valence-electron chi connectivity index (χ2n) is 3.22. The molecule has 1 aromatic carbocycles. The summed E-state index contributed by atoms with van der Waals surface area (Å²) in [5.41, 5.74) is 1.18. The highest BCUT2D eigenvalue weighted by atomic mass is 15.0. The van der Waals surface area contributed by atoms with E-state index in [1.165, 1.54) is 10.9 Å². The second-order valence-corrected chi connectivity index (χ2v) is 3.22. The Kier molecular flexibility index (Phi) is 1.47. The van der Waals surface area contributed by atoms with Crippen molar-refractivity contribution in [3.05, 3.63) is 54.9 Å². The maximum absolute atomic E-state index is 3.20. The summed E-state index contributed by atoms with van der Waals surface area (Å²) in [6.07, 6.45) is 5.12. The van der Waals surface area contributed by atoms with E-state index in [1.807, 2.05) is 41.1 Å². The number of H-pyrrole nitrogens is 1. The molecule has 0 amide bonds. The number of aromatic nitrogens is 2. The molecule has 0 saturated heterocycles. The van der Waals surface area contributed by atoms with E-state index < -0.39 is 0 Å². The van der Waals surface area contributed by atoms with Crippen LogP contribution in [0.25, 0.3) is 16.7 Å². The molecule has 14 heavy (non-hydrogen) atoms. The van der Waals surface area contributed by atoms with Crippen molar-refractivity contribution in [1.29, 1.82) is 0 Å². The van der Waals surface area contributed by atoms with Crippen molar-refractivity contribution in [3.63, 3.8) is 0 Å². The fourth-order valence-corrected chi connectivity index (χ4v) is 1.68. The van der Waals surface area contributed by atoms with Crippen molar-refractivity contribution in [1.82, 2.24) is 9.55 Å². The van der Waals surface area contributed by atoms with Crippen LogP contribution in [0.1, 0.15) is 0 Å². The third-order valence-corrected chi connectivity index (χ3v) is 2.35. The quantitative estimate of drug-likeness (QED) is 0.596. The lowest BCUT2D eigenvalue weighted by Gasteiger charge is -2.00. The van der Waals surface area contributed by atoms with Crippen molar-refractivity contribution >= 4 is 10.9 Å². The fourth-order valence-electron chi connectivity index (χ4n) is 1.68. The predicted molar refractivity (Wildman–Crippen MR) is 56.5 cm³/mol. The first-order valence-corrected chi connectivity index (χ1v) is 4.57. The van der Waals surface area contributed by atoms with E-state index in [0.717, 1.165) is 5.82 Å². The molecule has 2 heterocycles. The van der Waals surface area contributed by atoms with Gasteiger partial charge in [-0.3, -0.25) is 4.57 Å². The van der Waals surface area contributed by atoms with Gasteiger partial charge in [0.2, 0.25) is 0 Å². The van der Waals surface area contributed by atoms with Gasteiger partial charge in [-0.2, -0.15) is 0 Å². The summed E-state index contributed by atoms with van der Waals surface area (Å²) < 4.78 is 2.02. The summed E-state index contributed by atoms with van der Waals surface area (Å²) in [5.74, 6) is 1.05.